The molecular weight excluding hydrogens is 288 g/mol. The van der Waals surface area contributed by atoms with Crippen molar-refractivity contribution in [2.45, 2.75) is 49.5 Å². The number of nitrogens with zero attached hydrogens (tertiary/aromatic N) is 1. The number of carbonyl (C=O) groups excluding carboxylic acids is 1. The van der Waals surface area contributed by atoms with Crippen LogP contribution in [0.2, 0.25) is 0 Å². The van der Waals surface area contributed by atoms with Gasteiger partial charge < -0.3 is 25.2 Å². The summed E-state index contributed by atoms with van der Waals surface area (Å²) in [5, 5.41) is 39.9. The van der Waals surface area contributed by atoms with Gasteiger partial charge in [0.2, 0.25) is 5.12 Å². The van der Waals surface area contributed by atoms with Crippen LogP contribution in [-0.4, -0.2) is 80.4 Å². The molecule has 0 spiro atoms. The van der Waals surface area contributed by atoms with Gasteiger partial charge in [-0.1, -0.05) is 0 Å². The minimum absolute atomic E-state index is 0.301. The molecule has 2 rings (SSSR count). The van der Waals surface area contributed by atoms with Crippen molar-refractivity contribution in [3.8, 4) is 0 Å². The summed E-state index contributed by atoms with van der Waals surface area (Å²) in [6.07, 6.45) is -3.68. The zero-order chi connectivity index (χ0) is 14.9. The van der Waals surface area contributed by atoms with E-state index in [0.717, 1.165) is 6.42 Å². The zero-order valence-corrected chi connectivity index (χ0v) is 11.7. The molecule has 0 bridgehead atoms. The van der Waals surface area contributed by atoms with Crippen molar-refractivity contribution >= 4 is 17.7 Å². The first-order valence-corrected chi connectivity index (χ1v) is 6.96. The van der Waals surface area contributed by atoms with Crippen LogP contribution in [0.25, 0.3) is 0 Å². The molecule has 0 aromatic rings. The molecule has 116 valence electrons. The standard InChI is InChI=1S/C11H20N2O6S/c14-4-6-8(15)9(16)7(10(17)19-6)12-13-3-1-2-5(13)11(18)20/h5-10,12,14-17H,1-4H2,(H,18,20)/t5-,6+,7+,8-,9+,10?/m0/s1. The zero-order valence-electron chi connectivity index (χ0n) is 10.8. The third-order valence-corrected chi connectivity index (χ3v) is 4.05. The fourth-order valence-electron chi connectivity index (χ4n) is 2.61. The molecule has 8 nitrogen and oxygen atoms in total. The lowest BCUT2D eigenvalue weighted by Gasteiger charge is -2.42. The van der Waals surface area contributed by atoms with E-state index in [4.69, 9.17) is 9.84 Å². The predicted octanol–water partition coefficient (Wildman–Crippen LogP) is -2.79. The summed E-state index contributed by atoms with van der Waals surface area (Å²) in [6, 6.07) is -1.42. The lowest BCUT2D eigenvalue weighted by molar-refractivity contribution is -0.261. The highest BCUT2D eigenvalue weighted by molar-refractivity contribution is 7.96. The quantitative estimate of drug-likeness (QED) is 0.308. The van der Waals surface area contributed by atoms with Crippen molar-refractivity contribution < 1.29 is 30.0 Å². The topological polar surface area (TPSA) is 122 Å². The first-order valence-electron chi connectivity index (χ1n) is 6.52. The number of ether oxygens (including phenoxy) is 1. The summed E-state index contributed by atoms with van der Waals surface area (Å²) >= 11 is 3.80. The van der Waals surface area contributed by atoms with Gasteiger partial charge in [-0.3, -0.25) is 4.79 Å². The van der Waals surface area contributed by atoms with Gasteiger partial charge in [0.25, 0.3) is 0 Å². The Hall–Kier alpha value is -0.260. The van der Waals surface area contributed by atoms with Crippen molar-refractivity contribution in [1.29, 1.82) is 0 Å². The molecule has 20 heavy (non-hydrogen) atoms. The van der Waals surface area contributed by atoms with Crippen molar-refractivity contribution in [3.63, 3.8) is 0 Å². The molecule has 0 saturated carbocycles. The number of hydrogen-bond acceptors (Lipinski definition) is 8. The minimum atomic E-state index is -1.40. The number of aliphatic hydroxyl groups excluding tert-OH is 4. The second-order valence-electron chi connectivity index (χ2n) is 5.07. The van der Waals surface area contributed by atoms with Crippen LogP contribution in [0.5, 0.6) is 0 Å². The van der Waals surface area contributed by atoms with E-state index in [1.807, 2.05) is 0 Å². The summed E-state index contributed by atoms with van der Waals surface area (Å²) < 4.78 is 5.04. The van der Waals surface area contributed by atoms with Crippen LogP contribution in [0, 0.1) is 0 Å². The average molecular weight is 308 g/mol. The summed E-state index contributed by atoms with van der Waals surface area (Å²) in [7, 11) is 0. The Morgan fingerprint density at radius 1 is 1.35 bits per heavy atom. The molecule has 2 saturated heterocycles. The predicted molar refractivity (Wildman–Crippen MR) is 70.6 cm³/mol. The molecule has 2 aliphatic rings. The fraction of sp³-hybridized carbons (Fsp3) is 0.909. The molecule has 0 aromatic carbocycles. The average Bonchev–Trinajstić information content (AvgIpc) is 2.87. The summed E-state index contributed by atoms with van der Waals surface area (Å²) in [5.74, 6) is 0. The van der Waals surface area contributed by atoms with Crippen molar-refractivity contribution in [2.75, 3.05) is 13.2 Å². The molecule has 6 atom stereocenters. The molecule has 5 N–H and O–H groups in total. The van der Waals surface area contributed by atoms with Gasteiger partial charge in [0.15, 0.2) is 6.29 Å². The molecule has 2 heterocycles. The van der Waals surface area contributed by atoms with E-state index in [1.54, 1.807) is 5.01 Å². The van der Waals surface area contributed by atoms with Crippen LogP contribution in [0.4, 0.5) is 0 Å². The van der Waals surface area contributed by atoms with E-state index in [9.17, 15) is 20.1 Å². The monoisotopic (exact) mass is 308 g/mol. The third kappa shape index (κ3) is 3.15. The third-order valence-electron chi connectivity index (χ3n) is 3.75. The lowest BCUT2D eigenvalue weighted by atomic mass is 9.97. The highest BCUT2D eigenvalue weighted by Gasteiger charge is 2.45. The maximum Gasteiger partial charge on any atom is 0.204 e. The van der Waals surface area contributed by atoms with E-state index in [1.165, 1.54) is 0 Å². The van der Waals surface area contributed by atoms with Gasteiger partial charge in [0.1, 0.15) is 24.4 Å². The highest BCUT2D eigenvalue weighted by atomic mass is 32.1. The van der Waals surface area contributed by atoms with Crippen LogP contribution < -0.4 is 5.43 Å². The van der Waals surface area contributed by atoms with E-state index >= 15 is 0 Å². The first kappa shape index (κ1) is 16.1. The number of nitrogens with one attached hydrogen (secondary N) is 1. The molecule has 0 amide bonds. The van der Waals surface area contributed by atoms with Crippen LogP contribution >= 0.6 is 12.6 Å². The molecule has 0 radical (unpaired) electrons. The Labute approximate surface area is 121 Å². The number of thiol groups is 1. The van der Waals surface area contributed by atoms with Crippen LogP contribution in [-0.2, 0) is 9.53 Å². The molecule has 0 aromatic heterocycles. The van der Waals surface area contributed by atoms with E-state index in [0.29, 0.717) is 13.0 Å². The van der Waals surface area contributed by atoms with E-state index in [2.05, 4.69) is 18.1 Å². The molecule has 1 unspecified atom stereocenters. The Morgan fingerprint density at radius 2 is 2.05 bits per heavy atom. The lowest BCUT2D eigenvalue weighted by Crippen LogP contribution is -2.66. The number of hydrazine groups is 1. The van der Waals surface area contributed by atoms with Crippen LogP contribution in [0.3, 0.4) is 0 Å². The Morgan fingerprint density at radius 3 is 2.65 bits per heavy atom. The van der Waals surface area contributed by atoms with Gasteiger partial charge in [0.05, 0.1) is 12.6 Å². The van der Waals surface area contributed by atoms with Gasteiger partial charge in [-0.15, -0.1) is 12.6 Å². The van der Waals surface area contributed by atoms with Crippen molar-refractivity contribution in [2.24, 2.45) is 0 Å². The molecule has 9 heteroatoms. The number of carbonyl (C=O) groups is 1. The number of rotatable bonds is 4. The minimum Gasteiger partial charge on any atom is -0.394 e. The smallest absolute Gasteiger partial charge is 0.204 e. The SMILES string of the molecule is O=C(S)[C@@H]1CCCN1N[C@H]1C(O)O[C@H](CO)[C@H](O)[C@@H]1O. The van der Waals surface area contributed by atoms with Crippen LogP contribution in [0.15, 0.2) is 0 Å². The Kier molecular flexibility index (Phi) is 5.37. The first-order chi connectivity index (χ1) is 9.45. The summed E-state index contributed by atoms with van der Waals surface area (Å²) in [6.45, 7) is 0.0515. The van der Waals surface area contributed by atoms with Crippen LogP contribution in [0.1, 0.15) is 12.8 Å². The van der Waals surface area contributed by atoms with E-state index < -0.39 is 43.3 Å². The summed E-state index contributed by atoms with van der Waals surface area (Å²) in [5.41, 5.74) is 2.82. The maximum atomic E-state index is 11.4. The summed E-state index contributed by atoms with van der Waals surface area (Å²) in [4.78, 5) is 11.4. The second kappa shape index (κ2) is 6.67. The maximum absolute atomic E-state index is 11.4. The van der Waals surface area contributed by atoms with Gasteiger partial charge in [-0.05, 0) is 12.8 Å². The Bertz CT molecular complexity index is 360. The number of aliphatic hydroxyl groups is 4. The molecule has 2 aliphatic heterocycles. The molecule has 2 fully saturated rings. The normalized spacial score (nSPS) is 42.9. The Balaban J connectivity index is 2.03. The van der Waals surface area contributed by atoms with Gasteiger partial charge >= 0.3 is 0 Å². The molecule has 0 aliphatic carbocycles. The van der Waals surface area contributed by atoms with Crippen molar-refractivity contribution in [3.05, 3.63) is 0 Å². The van der Waals surface area contributed by atoms with Crippen molar-refractivity contribution in [1.82, 2.24) is 10.4 Å². The van der Waals surface area contributed by atoms with Gasteiger partial charge in [-0.2, -0.15) is 0 Å². The van der Waals surface area contributed by atoms with E-state index in [-0.39, 0.29) is 5.12 Å². The number of hydrogen-bond donors (Lipinski definition) is 6. The van der Waals surface area contributed by atoms with Gasteiger partial charge in [-0.25, -0.2) is 10.4 Å². The highest BCUT2D eigenvalue weighted by Crippen LogP contribution is 2.23. The second-order valence-corrected chi connectivity index (χ2v) is 5.51. The molecular formula is C11H20N2O6S. The van der Waals surface area contributed by atoms with Gasteiger partial charge in [0, 0.05) is 6.54 Å². The fourth-order valence-corrected chi connectivity index (χ4v) is 2.87. The largest absolute Gasteiger partial charge is 0.394 e.